The summed E-state index contributed by atoms with van der Waals surface area (Å²) in [5.74, 6) is 0. The van der Waals surface area contributed by atoms with Crippen LogP contribution in [-0.2, 0) is 10.0 Å². The third-order valence-corrected chi connectivity index (χ3v) is 5.83. The number of nitrogens with one attached hydrogen (secondary N) is 1. The average Bonchev–Trinajstić information content (AvgIpc) is 2.33. The highest BCUT2D eigenvalue weighted by atomic mass is 35.5. The lowest BCUT2D eigenvalue weighted by Crippen LogP contribution is -2.30. The van der Waals surface area contributed by atoms with Crippen LogP contribution in [0.1, 0.15) is 41.2 Å². The Bertz CT molecular complexity index is 582. The molecule has 4 nitrogen and oxygen atoms in total. The lowest BCUT2D eigenvalue weighted by molar-refractivity contribution is 0.570. The van der Waals surface area contributed by atoms with E-state index >= 15 is 0 Å². The van der Waals surface area contributed by atoms with Crippen molar-refractivity contribution in [3.05, 3.63) is 27.8 Å². The van der Waals surface area contributed by atoms with Crippen LogP contribution in [0.25, 0.3) is 0 Å². The maximum absolute atomic E-state index is 12.5. The Morgan fingerprint density at radius 1 is 0.952 bits per heavy atom. The highest BCUT2D eigenvalue weighted by molar-refractivity contribution is 7.89. The van der Waals surface area contributed by atoms with Crippen LogP contribution in [0.15, 0.2) is 4.90 Å². The first-order chi connectivity index (χ1) is 9.09. The molecule has 0 aromatic heterocycles. The topological polar surface area (TPSA) is 72.2 Å². The van der Waals surface area contributed by atoms with E-state index in [0.29, 0.717) is 17.9 Å². The molecule has 3 N–H and O–H groups in total. The molecule has 6 heteroatoms. The molecule has 0 aliphatic carbocycles. The zero-order chi connectivity index (χ0) is 15.7. The normalized spacial score (nSPS) is 12.9. The predicted octanol–water partition coefficient (Wildman–Crippen LogP) is 2.67. The fourth-order valence-corrected chi connectivity index (χ4v) is 4.01. The Kier molecular flexibility index (Phi) is 7.36. The Morgan fingerprint density at radius 3 is 1.71 bits per heavy atom. The number of nitrogens with two attached hydrogens (primary N) is 1. The summed E-state index contributed by atoms with van der Waals surface area (Å²) in [5, 5.41) is 0. The van der Waals surface area contributed by atoms with Gasteiger partial charge >= 0.3 is 0 Å². The molecule has 0 spiro atoms. The second kappa shape index (κ2) is 7.58. The van der Waals surface area contributed by atoms with E-state index in [1.807, 2.05) is 41.5 Å². The maximum atomic E-state index is 12.5. The van der Waals surface area contributed by atoms with Gasteiger partial charge in [0.15, 0.2) is 0 Å². The van der Waals surface area contributed by atoms with E-state index in [-0.39, 0.29) is 18.4 Å². The summed E-state index contributed by atoms with van der Waals surface area (Å²) >= 11 is 0. The number of hydrogen-bond acceptors (Lipinski definition) is 3. The maximum Gasteiger partial charge on any atom is 0.241 e. The molecule has 0 amide bonds. The zero-order valence-electron chi connectivity index (χ0n) is 13.7. The largest absolute Gasteiger partial charge is 0.328 e. The summed E-state index contributed by atoms with van der Waals surface area (Å²) in [5.41, 5.74) is 10.6. The van der Waals surface area contributed by atoms with E-state index in [2.05, 4.69) is 4.72 Å². The summed E-state index contributed by atoms with van der Waals surface area (Å²) < 4.78 is 27.7. The highest BCUT2D eigenvalue weighted by Crippen LogP contribution is 2.29. The van der Waals surface area contributed by atoms with Gasteiger partial charge in [-0.3, -0.25) is 0 Å². The van der Waals surface area contributed by atoms with Gasteiger partial charge in [-0.2, -0.15) is 0 Å². The van der Waals surface area contributed by atoms with Gasteiger partial charge in [-0.15, -0.1) is 12.4 Å². The highest BCUT2D eigenvalue weighted by Gasteiger charge is 2.23. The smallest absolute Gasteiger partial charge is 0.241 e. The Hall–Kier alpha value is -0.620. The molecule has 1 rings (SSSR count). The van der Waals surface area contributed by atoms with Crippen molar-refractivity contribution >= 4 is 22.4 Å². The first-order valence-electron chi connectivity index (χ1n) is 6.91. The molecule has 1 aromatic rings. The minimum atomic E-state index is -3.48. The standard InChI is InChI=1S/C15H26N2O2S.ClH/c1-9(16)7-8-17-20(18,19)15-13(5)11(3)10(2)12(4)14(15)6;/h9,17H,7-8,16H2,1-6H3;1H. The first-order valence-corrected chi connectivity index (χ1v) is 8.40. The molecule has 0 bridgehead atoms. The minimum absolute atomic E-state index is 0. The summed E-state index contributed by atoms with van der Waals surface area (Å²) in [6.07, 6.45) is 0.626. The van der Waals surface area contributed by atoms with E-state index in [0.717, 1.165) is 27.8 Å². The van der Waals surface area contributed by atoms with E-state index in [1.54, 1.807) is 0 Å². The van der Waals surface area contributed by atoms with Crippen molar-refractivity contribution in [2.75, 3.05) is 6.54 Å². The summed E-state index contributed by atoms with van der Waals surface area (Å²) in [4.78, 5) is 0.419. The Balaban J connectivity index is 0.00000400. The summed E-state index contributed by atoms with van der Waals surface area (Å²) in [6.45, 7) is 11.9. The van der Waals surface area contributed by atoms with Gasteiger partial charge in [0.2, 0.25) is 10.0 Å². The van der Waals surface area contributed by atoms with Crippen molar-refractivity contribution in [3.8, 4) is 0 Å². The lowest BCUT2D eigenvalue weighted by Gasteiger charge is -2.19. The quantitative estimate of drug-likeness (QED) is 0.869. The first kappa shape index (κ1) is 20.4. The van der Waals surface area contributed by atoms with Crippen LogP contribution < -0.4 is 10.5 Å². The number of sulfonamides is 1. The van der Waals surface area contributed by atoms with Crippen molar-refractivity contribution in [3.63, 3.8) is 0 Å². The molecule has 21 heavy (non-hydrogen) atoms. The molecule has 122 valence electrons. The van der Waals surface area contributed by atoms with Gasteiger partial charge in [0.25, 0.3) is 0 Å². The van der Waals surface area contributed by atoms with Gasteiger partial charge in [0.05, 0.1) is 4.90 Å². The molecular weight excluding hydrogens is 308 g/mol. The monoisotopic (exact) mass is 334 g/mol. The SMILES string of the molecule is Cc1c(C)c(C)c(S(=O)(=O)NCCC(C)N)c(C)c1C.Cl. The van der Waals surface area contributed by atoms with Crippen LogP contribution in [0.4, 0.5) is 0 Å². The lowest BCUT2D eigenvalue weighted by atomic mass is 9.95. The Morgan fingerprint density at radius 2 is 1.33 bits per heavy atom. The number of halogens is 1. The number of hydrogen-bond donors (Lipinski definition) is 2. The molecule has 0 saturated heterocycles. The molecule has 0 saturated carbocycles. The summed E-state index contributed by atoms with van der Waals surface area (Å²) in [6, 6.07) is -0.0126. The summed E-state index contributed by atoms with van der Waals surface area (Å²) in [7, 11) is -3.48. The Labute approximate surface area is 135 Å². The minimum Gasteiger partial charge on any atom is -0.328 e. The van der Waals surface area contributed by atoms with Crippen molar-refractivity contribution in [1.29, 1.82) is 0 Å². The van der Waals surface area contributed by atoms with E-state index in [4.69, 9.17) is 5.73 Å². The van der Waals surface area contributed by atoms with Crippen LogP contribution in [0.3, 0.4) is 0 Å². The van der Waals surface area contributed by atoms with Crippen molar-refractivity contribution in [2.24, 2.45) is 5.73 Å². The average molecular weight is 335 g/mol. The van der Waals surface area contributed by atoms with Gasteiger partial charge in [-0.1, -0.05) is 0 Å². The van der Waals surface area contributed by atoms with Crippen molar-refractivity contribution in [1.82, 2.24) is 4.72 Å². The fraction of sp³-hybridized carbons (Fsp3) is 0.600. The van der Waals surface area contributed by atoms with Gasteiger partial charge in [-0.25, -0.2) is 13.1 Å². The molecule has 1 aromatic carbocycles. The number of benzene rings is 1. The molecule has 1 unspecified atom stereocenters. The van der Waals surface area contributed by atoms with Gasteiger partial charge in [-0.05, 0) is 75.8 Å². The van der Waals surface area contributed by atoms with Crippen LogP contribution in [0.2, 0.25) is 0 Å². The van der Waals surface area contributed by atoms with Crippen LogP contribution in [-0.4, -0.2) is 21.0 Å². The molecular formula is C15H27ClN2O2S. The van der Waals surface area contributed by atoms with E-state index in [9.17, 15) is 8.42 Å². The second-order valence-corrected chi connectivity index (χ2v) is 7.32. The molecule has 0 fully saturated rings. The van der Waals surface area contributed by atoms with Crippen LogP contribution in [0, 0.1) is 34.6 Å². The second-order valence-electron chi connectivity index (χ2n) is 5.62. The molecule has 1 atom stereocenters. The predicted molar refractivity (Wildman–Crippen MR) is 90.8 cm³/mol. The third kappa shape index (κ3) is 4.42. The van der Waals surface area contributed by atoms with Gasteiger partial charge in [0.1, 0.15) is 0 Å². The van der Waals surface area contributed by atoms with Gasteiger partial charge < -0.3 is 5.73 Å². The zero-order valence-corrected chi connectivity index (χ0v) is 15.3. The van der Waals surface area contributed by atoms with Crippen LogP contribution in [0.5, 0.6) is 0 Å². The fourth-order valence-electron chi connectivity index (χ4n) is 2.36. The molecule has 0 heterocycles. The van der Waals surface area contributed by atoms with Crippen LogP contribution >= 0.6 is 12.4 Å². The molecule has 0 radical (unpaired) electrons. The number of rotatable bonds is 5. The van der Waals surface area contributed by atoms with E-state index < -0.39 is 10.0 Å². The van der Waals surface area contributed by atoms with Gasteiger partial charge in [0, 0.05) is 12.6 Å². The van der Waals surface area contributed by atoms with E-state index in [1.165, 1.54) is 0 Å². The third-order valence-electron chi connectivity index (χ3n) is 4.09. The molecule has 0 aliphatic rings. The van der Waals surface area contributed by atoms with Crippen molar-refractivity contribution < 1.29 is 8.42 Å². The van der Waals surface area contributed by atoms with Crippen molar-refractivity contribution in [2.45, 2.75) is 58.9 Å². The molecule has 0 aliphatic heterocycles.